The highest BCUT2D eigenvalue weighted by Crippen LogP contribution is 2.13. The SMILES string of the molecule is CCOC(CN)CSc1ncc[nH]1. The van der Waals surface area contributed by atoms with E-state index >= 15 is 0 Å². The Hall–Kier alpha value is -0.520. The summed E-state index contributed by atoms with van der Waals surface area (Å²) in [5, 5.41) is 0.915. The van der Waals surface area contributed by atoms with Crippen molar-refractivity contribution in [3.63, 3.8) is 0 Å². The summed E-state index contributed by atoms with van der Waals surface area (Å²) in [6.07, 6.45) is 3.67. The van der Waals surface area contributed by atoms with Gasteiger partial charge in [0.1, 0.15) is 0 Å². The minimum absolute atomic E-state index is 0.125. The number of H-pyrrole nitrogens is 1. The Morgan fingerprint density at radius 2 is 2.62 bits per heavy atom. The van der Waals surface area contributed by atoms with E-state index in [4.69, 9.17) is 10.5 Å². The van der Waals surface area contributed by atoms with Crippen LogP contribution in [-0.2, 0) is 4.74 Å². The van der Waals surface area contributed by atoms with Gasteiger partial charge in [-0.25, -0.2) is 4.98 Å². The van der Waals surface area contributed by atoms with Crippen molar-refractivity contribution in [2.75, 3.05) is 18.9 Å². The van der Waals surface area contributed by atoms with E-state index in [0.29, 0.717) is 13.2 Å². The first kappa shape index (κ1) is 10.6. The molecule has 0 aliphatic heterocycles. The number of hydrogen-bond acceptors (Lipinski definition) is 4. The van der Waals surface area contributed by atoms with E-state index in [1.54, 1.807) is 24.2 Å². The van der Waals surface area contributed by atoms with Crippen LogP contribution in [0.4, 0.5) is 0 Å². The molecule has 74 valence electrons. The zero-order valence-electron chi connectivity index (χ0n) is 7.69. The molecule has 1 rings (SSSR count). The molecule has 5 heteroatoms. The van der Waals surface area contributed by atoms with E-state index in [9.17, 15) is 0 Å². The topological polar surface area (TPSA) is 63.9 Å². The summed E-state index contributed by atoms with van der Waals surface area (Å²) < 4.78 is 5.40. The van der Waals surface area contributed by atoms with Crippen molar-refractivity contribution in [1.82, 2.24) is 9.97 Å². The Morgan fingerprint density at radius 1 is 1.77 bits per heavy atom. The Morgan fingerprint density at radius 3 is 3.15 bits per heavy atom. The number of hydrogen-bond donors (Lipinski definition) is 2. The lowest BCUT2D eigenvalue weighted by atomic mass is 10.4. The van der Waals surface area contributed by atoms with Gasteiger partial charge in [0.25, 0.3) is 0 Å². The number of aromatic amines is 1. The Kier molecular flexibility index (Phi) is 4.88. The summed E-state index contributed by atoms with van der Waals surface area (Å²) in [6, 6.07) is 0. The summed E-state index contributed by atoms with van der Waals surface area (Å²) in [5.74, 6) is 0.845. The molecular formula is C8H15N3OS. The maximum absolute atomic E-state index is 5.53. The van der Waals surface area contributed by atoms with E-state index in [2.05, 4.69) is 9.97 Å². The van der Waals surface area contributed by atoms with Crippen LogP contribution >= 0.6 is 11.8 Å². The summed E-state index contributed by atoms with van der Waals surface area (Å²) >= 11 is 1.63. The van der Waals surface area contributed by atoms with Gasteiger partial charge in [-0.3, -0.25) is 0 Å². The molecule has 1 aromatic rings. The molecule has 1 unspecified atom stereocenters. The van der Waals surface area contributed by atoms with Gasteiger partial charge in [-0.05, 0) is 6.92 Å². The molecule has 0 saturated carbocycles. The van der Waals surface area contributed by atoms with Gasteiger partial charge in [-0.1, -0.05) is 11.8 Å². The molecule has 1 atom stereocenters. The molecule has 0 aliphatic rings. The first-order valence-electron chi connectivity index (χ1n) is 4.30. The molecule has 13 heavy (non-hydrogen) atoms. The average Bonchev–Trinajstić information content (AvgIpc) is 2.64. The van der Waals surface area contributed by atoms with Crippen LogP contribution in [0.25, 0.3) is 0 Å². The van der Waals surface area contributed by atoms with E-state index in [1.165, 1.54) is 0 Å². The van der Waals surface area contributed by atoms with Crippen LogP contribution in [-0.4, -0.2) is 35.0 Å². The number of nitrogens with two attached hydrogens (primary N) is 1. The number of nitrogens with one attached hydrogen (secondary N) is 1. The first-order valence-corrected chi connectivity index (χ1v) is 5.29. The van der Waals surface area contributed by atoms with Crippen molar-refractivity contribution in [3.8, 4) is 0 Å². The monoisotopic (exact) mass is 201 g/mol. The van der Waals surface area contributed by atoms with Crippen LogP contribution < -0.4 is 5.73 Å². The normalized spacial score (nSPS) is 13.1. The summed E-state index contributed by atoms with van der Waals surface area (Å²) in [7, 11) is 0. The van der Waals surface area contributed by atoms with Crippen LogP contribution in [0.2, 0.25) is 0 Å². The van der Waals surface area contributed by atoms with E-state index < -0.39 is 0 Å². The second-order valence-electron chi connectivity index (χ2n) is 2.52. The van der Waals surface area contributed by atoms with Gasteiger partial charge in [0.15, 0.2) is 5.16 Å². The Bertz CT molecular complexity index is 215. The highest BCUT2D eigenvalue weighted by molar-refractivity contribution is 7.99. The van der Waals surface area contributed by atoms with Crippen molar-refractivity contribution in [1.29, 1.82) is 0 Å². The maximum Gasteiger partial charge on any atom is 0.165 e. The molecule has 0 saturated heterocycles. The van der Waals surface area contributed by atoms with Crippen molar-refractivity contribution in [2.45, 2.75) is 18.2 Å². The molecular weight excluding hydrogens is 186 g/mol. The van der Waals surface area contributed by atoms with Crippen LogP contribution in [0.3, 0.4) is 0 Å². The third kappa shape index (κ3) is 3.80. The molecule has 0 aliphatic carbocycles. The van der Waals surface area contributed by atoms with Crippen molar-refractivity contribution < 1.29 is 4.74 Å². The van der Waals surface area contributed by atoms with E-state index in [0.717, 1.165) is 10.9 Å². The van der Waals surface area contributed by atoms with Crippen molar-refractivity contribution >= 4 is 11.8 Å². The number of ether oxygens (including phenoxy) is 1. The van der Waals surface area contributed by atoms with Gasteiger partial charge in [-0.2, -0.15) is 0 Å². The van der Waals surface area contributed by atoms with Gasteiger partial charge >= 0.3 is 0 Å². The van der Waals surface area contributed by atoms with Crippen LogP contribution in [0.15, 0.2) is 17.6 Å². The number of imidazole rings is 1. The Labute approximate surface area is 82.3 Å². The summed E-state index contributed by atoms with van der Waals surface area (Å²) in [5.41, 5.74) is 5.53. The second kappa shape index (κ2) is 6.01. The lowest BCUT2D eigenvalue weighted by Gasteiger charge is -2.12. The first-order chi connectivity index (χ1) is 6.36. The summed E-state index contributed by atoms with van der Waals surface area (Å²) in [6.45, 7) is 3.24. The van der Waals surface area contributed by atoms with Crippen molar-refractivity contribution in [3.05, 3.63) is 12.4 Å². The largest absolute Gasteiger partial charge is 0.376 e. The van der Waals surface area contributed by atoms with Crippen LogP contribution in [0.1, 0.15) is 6.92 Å². The lowest BCUT2D eigenvalue weighted by Crippen LogP contribution is -2.26. The molecule has 0 spiro atoms. The quantitative estimate of drug-likeness (QED) is 0.670. The fourth-order valence-corrected chi connectivity index (χ4v) is 1.78. The van der Waals surface area contributed by atoms with Crippen LogP contribution in [0.5, 0.6) is 0 Å². The predicted molar refractivity (Wildman–Crippen MR) is 53.8 cm³/mol. The van der Waals surface area contributed by atoms with Gasteiger partial charge in [0.2, 0.25) is 0 Å². The smallest absolute Gasteiger partial charge is 0.165 e. The molecule has 4 nitrogen and oxygen atoms in total. The predicted octanol–water partition coefficient (Wildman–Crippen LogP) is 0.866. The van der Waals surface area contributed by atoms with Gasteiger partial charge in [-0.15, -0.1) is 0 Å². The van der Waals surface area contributed by atoms with E-state index in [1.807, 2.05) is 6.92 Å². The summed E-state index contributed by atoms with van der Waals surface area (Å²) in [4.78, 5) is 7.11. The average molecular weight is 201 g/mol. The second-order valence-corrected chi connectivity index (χ2v) is 3.53. The highest BCUT2D eigenvalue weighted by atomic mass is 32.2. The molecule has 1 aromatic heterocycles. The molecule has 0 fully saturated rings. The number of rotatable bonds is 6. The van der Waals surface area contributed by atoms with Gasteiger partial charge in [0.05, 0.1) is 6.10 Å². The molecule has 0 amide bonds. The standard InChI is InChI=1S/C8H15N3OS/c1-2-12-7(5-9)6-13-8-10-3-4-11-8/h3-4,7H,2,5-6,9H2,1H3,(H,10,11). The zero-order chi connectivity index (χ0) is 9.52. The fraction of sp³-hybridized carbons (Fsp3) is 0.625. The lowest BCUT2D eigenvalue weighted by molar-refractivity contribution is 0.0858. The number of thioether (sulfide) groups is 1. The third-order valence-electron chi connectivity index (χ3n) is 1.54. The minimum Gasteiger partial charge on any atom is -0.376 e. The zero-order valence-corrected chi connectivity index (χ0v) is 8.51. The fourth-order valence-electron chi connectivity index (χ4n) is 0.922. The molecule has 0 aromatic carbocycles. The van der Waals surface area contributed by atoms with Gasteiger partial charge in [0, 0.05) is 31.3 Å². The van der Waals surface area contributed by atoms with E-state index in [-0.39, 0.29) is 6.10 Å². The number of aromatic nitrogens is 2. The van der Waals surface area contributed by atoms with Crippen molar-refractivity contribution in [2.24, 2.45) is 5.73 Å². The molecule has 1 heterocycles. The number of nitrogens with zero attached hydrogens (tertiary/aromatic N) is 1. The molecule has 0 bridgehead atoms. The maximum atomic E-state index is 5.53. The van der Waals surface area contributed by atoms with Gasteiger partial charge < -0.3 is 15.5 Å². The Balaban J connectivity index is 2.23. The highest BCUT2D eigenvalue weighted by Gasteiger charge is 2.07. The third-order valence-corrected chi connectivity index (χ3v) is 2.58. The molecule has 0 radical (unpaired) electrons. The minimum atomic E-state index is 0.125. The molecule has 3 N–H and O–H groups in total. The van der Waals surface area contributed by atoms with Crippen LogP contribution in [0, 0.1) is 0 Å².